The minimum Gasteiger partial charge on any atom is -0.357 e. The van der Waals surface area contributed by atoms with Crippen molar-refractivity contribution in [3.8, 4) is 0 Å². The quantitative estimate of drug-likeness (QED) is 0.852. The van der Waals surface area contributed by atoms with Gasteiger partial charge in [0.05, 0.1) is 11.3 Å². The number of carbonyl (C=O) groups excluding carboxylic acids is 1. The minimum absolute atomic E-state index is 0.0163. The Balaban J connectivity index is 1.51. The lowest BCUT2D eigenvalue weighted by Gasteiger charge is -2.34. The van der Waals surface area contributed by atoms with Gasteiger partial charge >= 0.3 is 0 Å². The maximum atomic E-state index is 12.4. The minimum atomic E-state index is -0.0163. The molecule has 7 heteroatoms. The highest BCUT2D eigenvalue weighted by Crippen LogP contribution is 2.23. The second-order valence-corrected chi connectivity index (χ2v) is 6.81. The lowest BCUT2D eigenvalue weighted by Crippen LogP contribution is -2.39. The third kappa shape index (κ3) is 3.87. The van der Waals surface area contributed by atoms with Crippen molar-refractivity contribution < 1.29 is 4.79 Å². The van der Waals surface area contributed by atoms with E-state index in [9.17, 15) is 4.79 Å². The highest BCUT2D eigenvalue weighted by atomic mass is 35.5. The summed E-state index contributed by atoms with van der Waals surface area (Å²) in [4.78, 5) is 24.9. The van der Waals surface area contributed by atoms with Gasteiger partial charge in [-0.15, -0.1) is 0 Å². The zero-order chi connectivity index (χ0) is 17.1. The molecular weight excluding hydrogens is 326 g/mol. The molecule has 1 fully saturated rings. The Morgan fingerprint density at radius 2 is 2.08 bits per heavy atom. The van der Waals surface area contributed by atoms with Gasteiger partial charge in [0.2, 0.25) is 0 Å². The van der Waals surface area contributed by atoms with Crippen LogP contribution in [0.5, 0.6) is 0 Å². The summed E-state index contributed by atoms with van der Waals surface area (Å²) in [5, 5.41) is 0.656. The van der Waals surface area contributed by atoms with Crippen LogP contribution < -0.4 is 4.90 Å². The van der Waals surface area contributed by atoms with Crippen LogP contribution in [-0.2, 0) is 7.05 Å². The van der Waals surface area contributed by atoms with E-state index in [2.05, 4.69) is 14.9 Å². The van der Waals surface area contributed by atoms with Crippen LogP contribution in [0, 0.1) is 5.92 Å². The fourth-order valence-corrected chi connectivity index (χ4v) is 3.20. The lowest BCUT2D eigenvalue weighted by atomic mass is 9.96. The number of imidazole rings is 1. The van der Waals surface area contributed by atoms with E-state index in [0.29, 0.717) is 16.6 Å². The highest BCUT2D eigenvalue weighted by Gasteiger charge is 2.23. The summed E-state index contributed by atoms with van der Waals surface area (Å²) in [6.45, 7) is 2.66. The van der Waals surface area contributed by atoms with E-state index in [1.807, 2.05) is 26.2 Å². The van der Waals surface area contributed by atoms with Crippen LogP contribution in [0.1, 0.15) is 23.3 Å². The molecule has 0 bridgehead atoms. The van der Waals surface area contributed by atoms with E-state index in [1.54, 1.807) is 28.2 Å². The van der Waals surface area contributed by atoms with Gasteiger partial charge in [0.25, 0.3) is 5.91 Å². The number of rotatable bonds is 4. The van der Waals surface area contributed by atoms with Crippen LogP contribution in [0.4, 0.5) is 5.82 Å². The number of hydrogen-bond acceptors (Lipinski definition) is 4. The number of hydrogen-bond donors (Lipinski definition) is 0. The molecule has 3 heterocycles. The van der Waals surface area contributed by atoms with Crippen molar-refractivity contribution in [1.82, 2.24) is 19.4 Å². The topological polar surface area (TPSA) is 54.3 Å². The summed E-state index contributed by atoms with van der Waals surface area (Å²) < 4.78 is 1.79. The molecule has 3 rings (SSSR count). The molecule has 1 amide bonds. The molecule has 128 valence electrons. The number of aryl methyl sites for hydroxylation is 1. The van der Waals surface area contributed by atoms with Crippen LogP contribution in [-0.4, -0.2) is 52.0 Å². The van der Waals surface area contributed by atoms with Crippen molar-refractivity contribution in [3.05, 3.63) is 41.6 Å². The van der Waals surface area contributed by atoms with Crippen molar-refractivity contribution in [3.63, 3.8) is 0 Å². The van der Waals surface area contributed by atoms with Gasteiger partial charge in [-0.1, -0.05) is 11.6 Å². The van der Waals surface area contributed by atoms with Gasteiger partial charge in [0.1, 0.15) is 11.5 Å². The number of piperidine rings is 1. The number of aromatic nitrogens is 3. The molecule has 0 aromatic carbocycles. The molecule has 1 saturated heterocycles. The van der Waals surface area contributed by atoms with Crippen molar-refractivity contribution >= 4 is 23.3 Å². The standard InChI is InChI=1S/C17H22ClN5O/c1-21-11-15(20-12-21)17(24)22(2)10-13-5-7-23(8-6-13)16-4-3-14(18)9-19-16/h3-4,9,11-13H,5-8,10H2,1-2H3. The lowest BCUT2D eigenvalue weighted by molar-refractivity contribution is 0.0759. The molecule has 6 nitrogen and oxygen atoms in total. The first-order chi connectivity index (χ1) is 11.5. The summed E-state index contributed by atoms with van der Waals surface area (Å²) in [5.74, 6) is 1.46. The molecule has 0 radical (unpaired) electrons. The maximum Gasteiger partial charge on any atom is 0.273 e. The normalized spacial score (nSPS) is 15.5. The molecule has 0 aliphatic carbocycles. The Kier molecular flexibility index (Phi) is 5.04. The van der Waals surface area contributed by atoms with E-state index in [0.717, 1.165) is 38.3 Å². The van der Waals surface area contributed by atoms with Gasteiger partial charge in [0, 0.05) is 46.1 Å². The van der Waals surface area contributed by atoms with Crippen molar-refractivity contribution in [2.24, 2.45) is 13.0 Å². The van der Waals surface area contributed by atoms with E-state index < -0.39 is 0 Å². The van der Waals surface area contributed by atoms with Gasteiger partial charge in [-0.05, 0) is 30.9 Å². The number of nitrogens with zero attached hydrogens (tertiary/aromatic N) is 5. The smallest absolute Gasteiger partial charge is 0.273 e. The van der Waals surface area contributed by atoms with Gasteiger partial charge in [-0.3, -0.25) is 4.79 Å². The first kappa shape index (κ1) is 16.8. The van der Waals surface area contributed by atoms with E-state index in [4.69, 9.17) is 11.6 Å². The third-order valence-electron chi connectivity index (χ3n) is 4.45. The second kappa shape index (κ2) is 7.21. The molecule has 2 aromatic rings. The summed E-state index contributed by atoms with van der Waals surface area (Å²) in [6.07, 6.45) is 7.18. The average molecular weight is 348 g/mol. The number of carbonyl (C=O) groups is 1. The van der Waals surface area contributed by atoms with Crippen molar-refractivity contribution in [1.29, 1.82) is 0 Å². The first-order valence-corrected chi connectivity index (χ1v) is 8.50. The summed E-state index contributed by atoms with van der Waals surface area (Å²) in [5.41, 5.74) is 0.503. The predicted octanol–water partition coefficient (Wildman–Crippen LogP) is 2.46. The highest BCUT2D eigenvalue weighted by molar-refractivity contribution is 6.30. The second-order valence-electron chi connectivity index (χ2n) is 6.38. The molecule has 0 unspecified atom stereocenters. The van der Waals surface area contributed by atoms with Gasteiger partial charge in [-0.25, -0.2) is 9.97 Å². The van der Waals surface area contributed by atoms with Crippen LogP contribution in [0.25, 0.3) is 0 Å². The van der Waals surface area contributed by atoms with Crippen molar-refractivity contribution in [2.75, 3.05) is 31.6 Å². The Morgan fingerprint density at radius 3 is 2.67 bits per heavy atom. The molecular formula is C17H22ClN5O. The van der Waals surface area contributed by atoms with Crippen LogP contribution in [0.3, 0.4) is 0 Å². The zero-order valence-corrected chi connectivity index (χ0v) is 14.8. The maximum absolute atomic E-state index is 12.4. The monoisotopic (exact) mass is 347 g/mol. The first-order valence-electron chi connectivity index (χ1n) is 8.13. The Labute approximate surface area is 147 Å². The van der Waals surface area contributed by atoms with Gasteiger partial charge in [-0.2, -0.15) is 0 Å². The van der Waals surface area contributed by atoms with E-state index >= 15 is 0 Å². The summed E-state index contributed by atoms with van der Waals surface area (Å²) >= 11 is 5.89. The van der Waals surface area contributed by atoms with Gasteiger partial charge in [0.15, 0.2) is 0 Å². The fraction of sp³-hybridized carbons (Fsp3) is 0.471. The molecule has 24 heavy (non-hydrogen) atoms. The SMILES string of the molecule is CN(CC1CCN(c2ccc(Cl)cn2)CC1)C(=O)c1cn(C)cn1. The van der Waals surface area contributed by atoms with Crippen LogP contribution in [0.2, 0.25) is 5.02 Å². The molecule has 0 saturated carbocycles. The van der Waals surface area contributed by atoms with Crippen LogP contribution >= 0.6 is 11.6 Å². The molecule has 0 atom stereocenters. The zero-order valence-electron chi connectivity index (χ0n) is 14.0. The Hall–Kier alpha value is -2.08. The predicted molar refractivity (Wildman–Crippen MR) is 94.4 cm³/mol. The molecule has 0 N–H and O–H groups in total. The number of anilines is 1. The summed E-state index contributed by atoms with van der Waals surface area (Å²) in [6, 6.07) is 3.83. The number of halogens is 1. The van der Waals surface area contributed by atoms with E-state index in [1.165, 1.54) is 0 Å². The van der Waals surface area contributed by atoms with Crippen molar-refractivity contribution in [2.45, 2.75) is 12.8 Å². The molecule has 1 aliphatic heterocycles. The summed E-state index contributed by atoms with van der Waals surface area (Å²) in [7, 11) is 3.72. The number of pyridine rings is 1. The van der Waals surface area contributed by atoms with Gasteiger partial charge < -0.3 is 14.4 Å². The molecule has 0 spiro atoms. The van der Waals surface area contributed by atoms with Crippen LogP contribution in [0.15, 0.2) is 30.9 Å². The third-order valence-corrected chi connectivity index (χ3v) is 4.68. The number of amides is 1. The Bertz CT molecular complexity index is 691. The molecule has 1 aliphatic rings. The fourth-order valence-electron chi connectivity index (χ4n) is 3.09. The van der Waals surface area contributed by atoms with E-state index in [-0.39, 0.29) is 5.91 Å². The Morgan fingerprint density at radius 1 is 1.33 bits per heavy atom. The largest absolute Gasteiger partial charge is 0.357 e. The average Bonchev–Trinajstić information content (AvgIpc) is 3.02. The molecule has 2 aromatic heterocycles.